The van der Waals surface area contributed by atoms with Crippen molar-refractivity contribution in [2.45, 2.75) is 0 Å². The smallest absolute Gasteiger partial charge is 0.0606 e. The van der Waals surface area contributed by atoms with Crippen LogP contribution in [0, 0.1) is 6.07 Å². The van der Waals surface area contributed by atoms with E-state index in [-0.39, 0.29) is 32.7 Å². The Labute approximate surface area is 80.3 Å². The molecule has 0 spiro atoms. The molecule has 0 aliphatic rings. The van der Waals surface area contributed by atoms with Gasteiger partial charge in [-0.15, -0.1) is 12.1 Å². The Kier molecular flexibility index (Phi) is 5.02. The van der Waals surface area contributed by atoms with E-state index >= 15 is 0 Å². The summed E-state index contributed by atoms with van der Waals surface area (Å²) in [6.45, 7) is 0. The summed E-state index contributed by atoms with van der Waals surface area (Å²) in [5.41, 5.74) is 0. The predicted molar refractivity (Wildman–Crippen MR) is 31.8 cm³/mol. The van der Waals surface area contributed by atoms with Crippen LogP contribution < -0.4 is 4.74 Å². The molecule has 0 atom stereocenters. The largest absolute Gasteiger partial charge is 0.554 e. The molecule has 1 rings (SSSR count). The molecule has 0 N–H and O–H groups in total. The first-order valence-corrected chi connectivity index (χ1v) is 2.43. The molecule has 0 saturated carbocycles. The Morgan fingerprint density at radius 2 is 2.33 bits per heavy atom. The van der Waals surface area contributed by atoms with Crippen LogP contribution in [0.4, 0.5) is 0 Å². The van der Waals surface area contributed by atoms with E-state index in [9.17, 15) is 0 Å². The number of rotatable bonds is 1. The van der Waals surface area contributed by atoms with Crippen LogP contribution >= 0.6 is 0 Å². The zero-order valence-electron chi connectivity index (χ0n) is 5.29. The van der Waals surface area contributed by atoms with E-state index in [1.807, 2.05) is 18.2 Å². The van der Waals surface area contributed by atoms with Gasteiger partial charge in [0.15, 0.2) is 0 Å². The summed E-state index contributed by atoms with van der Waals surface area (Å²) in [7, 11) is 1.64. The molecule has 0 aliphatic carbocycles. The second-order valence-electron chi connectivity index (χ2n) is 1.44. The molecule has 0 bridgehead atoms. The quantitative estimate of drug-likeness (QED) is 0.618. The van der Waals surface area contributed by atoms with Crippen molar-refractivity contribution in [3.05, 3.63) is 30.3 Å². The molecule has 0 unspecified atom stereocenters. The van der Waals surface area contributed by atoms with Gasteiger partial charge in [0, 0.05) is 38.5 Å². The molecule has 9 heavy (non-hydrogen) atoms. The van der Waals surface area contributed by atoms with E-state index in [0.29, 0.717) is 0 Å². The maximum absolute atomic E-state index is 4.88. The minimum Gasteiger partial charge on any atom is -0.554 e. The first-order chi connectivity index (χ1) is 3.93. The van der Waals surface area contributed by atoms with Crippen LogP contribution in [0.3, 0.4) is 0 Å². The maximum Gasteiger partial charge on any atom is 0.0606 e. The third-order valence-corrected chi connectivity index (χ3v) is 0.914. The van der Waals surface area contributed by atoms with Crippen molar-refractivity contribution in [2.75, 3.05) is 7.11 Å². The second kappa shape index (κ2) is 4.95. The van der Waals surface area contributed by atoms with Gasteiger partial charge in [-0.25, -0.2) is 0 Å². The summed E-state index contributed by atoms with van der Waals surface area (Å²) in [6.07, 6.45) is 0. The predicted octanol–water partition coefficient (Wildman–Crippen LogP) is 1.49. The molecule has 1 nitrogen and oxygen atoms in total. The Bertz CT molecular complexity index is 150. The molecule has 0 amide bonds. The van der Waals surface area contributed by atoms with Crippen molar-refractivity contribution in [2.24, 2.45) is 0 Å². The fourth-order valence-corrected chi connectivity index (χ4v) is 0.504. The Morgan fingerprint density at radius 1 is 1.56 bits per heavy atom. The van der Waals surface area contributed by atoms with Gasteiger partial charge in [-0.3, -0.25) is 0 Å². The van der Waals surface area contributed by atoms with Gasteiger partial charge < -0.3 is 4.74 Å². The minimum atomic E-state index is 0. The van der Waals surface area contributed by atoms with Crippen LogP contribution in [0.25, 0.3) is 0 Å². The molecule has 0 aromatic heterocycles. The van der Waals surface area contributed by atoms with Gasteiger partial charge in [0.05, 0.1) is 7.11 Å². The van der Waals surface area contributed by atoms with Crippen molar-refractivity contribution < 1.29 is 37.4 Å². The van der Waals surface area contributed by atoms with Gasteiger partial charge in [-0.05, 0) is 0 Å². The number of ether oxygens (including phenoxy) is 1. The maximum atomic E-state index is 4.88. The average molecular weight is 196 g/mol. The first kappa shape index (κ1) is 9.12. The first-order valence-electron chi connectivity index (χ1n) is 2.43. The summed E-state index contributed by atoms with van der Waals surface area (Å²) in [5.74, 6) is 0.854. The van der Waals surface area contributed by atoms with Crippen molar-refractivity contribution >= 4 is 0 Å². The number of methoxy groups -OCH3 is 1. The van der Waals surface area contributed by atoms with Crippen LogP contribution in [-0.2, 0) is 32.7 Å². The van der Waals surface area contributed by atoms with E-state index in [4.69, 9.17) is 4.74 Å². The van der Waals surface area contributed by atoms with Gasteiger partial charge in [0.25, 0.3) is 0 Å². The van der Waals surface area contributed by atoms with Crippen LogP contribution in [-0.4, -0.2) is 7.11 Å². The topological polar surface area (TPSA) is 9.23 Å². The third kappa shape index (κ3) is 2.97. The van der Waals surface area contributed by atoms with Gasteiger partial charge in [0.1, 0.15) is 0 Å². The SMILES string of the molecule is COc1c[c-]ccc1.[Y]. The fraction of sp³-hybridized carbons (Fsp3) is 0.143. The van der Waals surface area contributed by atoms with E-state index in [1.54, 1.807) is 13.2 Å². The Morgan fingerprint density at radius 3 is 2.67 bits per heavy atom. The molecule has 1 aromatic rings. The fourth-order valence-electron chi connectivity index (χ4n) is 0.504. The molecule has 1 radical (unpaired) electrons. The third-order valence-electron chi connectivity index (χ3n) is 0.914. The molecule has 0 aliphatic heterocycles. The monoisotopic (exact) mass is 196 g/mol. The zero-order chi connectivity index (χ0) is 5.82. The normalized spacial score (nSPS) is 7.67. The molecule has 0 fully saturated rings. The molecule has 1 aromatic carbocycles. The van der Waals surface area contributed by atoms with Crippen molar-refractivity contribution in [3.63, 3.8) is 0 Å². The summed E-state index contributed by atoms with van der Waals surface area (Å²) < 4.78 is 4.88. The number of hydrogen-bond donors (Lipinski definition) is 0. The average Bonchev–Trinajstić information content (AvgIpc) is 1.90. The number of hydrogen-bond acceptors (Lipinski definition) is 1. The van der Waals surface area contributed by atoms with Crippen LogP contribution in [0.5, 0.6) is 5.75 Å². The van der Waals surface area contributed by atoms with E-state index in [1.165, 1.54) is 0 Å². The number of benzene rings is 1. The van der Waals surface area contributed by atoms with Crippen LogP contribution in [0.15, 0.2) is 24.3 Å². The van der Waals surface area contributed by atoms with E-state index in [0.717, 1.165) is 5.75 Å². The molecule has 0 saturated heterocycles. The molecular formula is C7H7OY-. The van der Waals surface area contributed by atoms with Crippen LogP contribution in [0.2, 0.25) is 0 Å². The van der Waals surface area contributed by atoms with Gasteiger partial charge in [-0.2, -0.15) is 18.2 Å². The summed E-state index contributed by atoms with van der Waals surface area (Å²) in [5, 5.41) is 0. The summed E-state index contributed by atoms with van der Waals surface area (Å²) in [6, 6.07) is 10.3. The standard InChI is InChI=1S/C7H7O.Y/c1-8-7-5-3-2-4-6-7;/h2-3,5-6H,1H3;/q-1;. The van der Waals surface area contributed by atoms with Crippen molar-refractivity contribution in [1.82, 2.24) is 0 Å². The molecule has 2 heteroatoms. The van der Waals surface area contributed by atoms with E-state index in [2.05, 4.69) is 6.07 Å². The summed E-state index contributed by atoms with van der Waals surface area (Å²) >= 11 is 0. The van der Waals surface area contributed by atoms with Gasteiger partial charge in [0.2, 0.25) is 0 Å². The van der Waals surface area contributed by atoms with Gasteiger partial charge in [-0.1, -0.05) is 0 Å². The van der Waals surface area contributed by atoms with Crippen LogP contribution in [0.1, 0.15) is 0 Å². The minimum absolute atomic E-state index is 0. The molecule has 45 valence electrons. The van der Waals surface area contributed by atoms with Crippen molar-refractivity contribution in [1.29, 1.82) is 0 Å². The molecular weight excluding hydrogens is 189 g/mol. The van der Waals surface area contributed by atoms with E-state index < -0.39 is 0 Å². The summed E-state index contributed by atoms with van der Waals surface area (Å²) in [4.78, 5) is 0. The Hall–Kier alpha value is 0.124. The Balaban J connectivity index is 0.000000640. The zero-order valence-corrected chi connectivity index (χ0v) is 8.13. The van der Waals surface area contributed by atoms with Gasteiger partial charge >= 0.3 is 0 Å². The molecule has 0 heterocycles. The second-order valence-corrected chi connectivity index (χ2v) is 1.44. The van der Waals surface area contributed by atoms with Crippen molar-refractivity contribution in [3.8, 4) is 5.75 Å².